The smallest absolute Gasteiger partial charge is 0.161 e. The van der Waals surface area contributed by atoms with Gasteiger partial charge in [-0.1, -0.05) is 32.8 Å². The highest BCUT2D eigenvalue weighted by Gasteiger charge is 2.08. The molecule has 0 bridgehead atoms. The summed E-state index contributed by atoms with van der Waals surface area (Å²) in [5.74, 6) is 1.63. The molecule has 1 aromatic rings. The van der Waals surface area contributed by atoms with E-state index in [0.717, 1.165) is 37.4 Å². The van der Waals surface area contributed by atoms with Crippen molar-refractivity contribution < 1.29 is 9.47 Å². The van der Waals surface area contributed by atoms with E-state index in [4.69, 9.17) is 15.2 Å². The minimum Gasteiger partial charge on any atom is -0.493 e. The Labute approximate surface area is 117 Å². The molecule has 1 unspecified atom stereocenters. The van der Waals surface area contributed by atoms with Crippen molar-refractivity contribution in [1.29, 1.82) is 0 Å². The summed E-state index contributed by atoms with van der Waals surface area (Å²) in [6.45, 7) is 5.04. The Bertz CT molecular complexity index is 366. The van der Waals surface area contributed by atoms with E-state index in [-0.39, 0.29) is 6.04 Å². The second-order valence-electron chi connectivity index (χ2n) is 4.91. The molecular formula is C16H27NO2. The molecule has 0 amide bonds. The number of hydrogen-bond donors (Lipinski definition) is 1. The molecule has 2 N–H and O–H groups in total. The lowest BCUT2D eigenvalue weighted by atomic mass is 10.0. The first kappa shape index (κ1) is 15.8. The van der Waals surface area contributed by atoms with Crippen molar-refractivity contribution in [3.8, 4) is 11.5 Å². The van der Waals surface area contributed by atoms with E-state index in [9.17, 15) is 0 Å². The monoisotopic (exact) mass is 265 g/mol. The number of ether oxygens (including phenoxy) is 2. The number of benzene rings is 1. The Morgan fingerprint density at radius 3 is 2.58 bits per heavy atom. The summed E-state index contributed by atoms with van der Waals surface area (Å²) in [5, 5.41) is 0. The van der Waals surface area contributed by atoms with Crippen LogP contribution in [0, 0.1) is 0 Å². The molecule has 1 atom stereocenters. The standard InChI is InChI=1S/C16H27NO2/c1-4-6-7-10-19-16-12-13(11-14(17)5-2)8-9-15(16)18-3/h8-9,12,14H,4-7,10-11,17H2,1-3H3. The highest BCUT2D eigenvalue weighted by Crippen LogP contribution is 2.28. The van der Waals surface area contributed by atoms with Crippen LogP contribution in [0.1, 0.15) is 45.1 Å². The van der Waals surface area contributed by atoms with Gasteiger partial charge in [-0.3, -0.25) is 0 Å². The van der Waals surface area contributed by atoms with Gasteiger partial charge in [0.05, 0.1) is 13.7 Å². The lowest BCUT2D eigenvalue weighted by molar-refractivity contribution is 0.285. The Morgan fingerprint density at radius 1 is 1.16 bits per heavy atom. The molecule has 0 saturated heterocycles. The van der Waals surface area contributed by atoms with E-state index in [0.29, 0.717) is 0 Å². The lowest BCUT2D eigenvalue weighted by Gasteiger charge is -2.14. The van der Waals surface area contributed by atoms with E-state index < -0.39 is 0 Å². The average molecular weight is 265 g/mol. The maximum Gasteiger partial charge on any atom is 0.161 e. The number of hydrogen-bond acceptors (Lipinski definition) is 3. The van der Waals surface area contributed by atoms with Crippen LogP contribution >= 0.6 is 0 Å². The molecule has 0 fully saturated rings. The van der Waals surface area contributed by atoms with Crippen LogP contribution in [0.2, 0.25) is 0 Å². The summed E-state index contributed by atoms with van der Waals surface area (Å²) in [6, 6.07) is 6.29. The number of rotatable bonds is 9. The van der Waals surface area contributed by atoms with Gasteiger partial charge >= 0.3 is 0 Å². The lowest BCUT2D eigenvalue weighted by Crippen LogP contribution is -2.21. The Balaban J connectivity index is 2.66. The van der Waals surface area contributed by atoms with Crippen molar-refractivity contribution in [3.63, 3.8) is 0 Å². The topological polar surface area (TPSA) is 44.5 Å². The third kappa shape index (κ3) is 5.52. The van der Waals surface area contributed by atoms with Gasteiger partial charge in [0.2, 0.25) is 0 Å². The fraction of sp³-hybridized carbons (Fsp3) is 0.625. The van der Waals surface area contributed by atoms with Crippen LogP contribution < -0.4 is 15.2 Å². The molecule has 0 aliphatic carbocycles. The van der Waals surface area contributed by atoms with E-state index >= 15 is 0 Å². The van der Waals surface area contributed by atoms with Crippen LogP contribution in [-0.4, -0.2) is 19.8 Å². The van der Waals surface area contributed by atoms with Gasteiger partial charge in [-0.05, 0) is 37.0 Å². The van der Waals surface area contributed by atoms with Gasteiger partial charge in [0.1, 0.15) is 0 Å². The van der Waals surface area contributed by atoms with Gasteiger partial charge in [0, 0.05) is 6.04 Å². The maximum absolute atomic E-state index is 5.99. The minimum atomic E-state index is 0.210. The summed E-state index contributed by atoms with van der Waals surface area (Å²) < 4.78 is 11.2. The summed E-state index contributed by atoms with van der Waals surface area (Å²) >= 11 is 0. The Kier molecular flexibility index (Phi) is 7.34. The molecule has 0 aromatic heterocycles. The number of unbranched alkanes of at least 4 members (excludes halogenated alkanes) is 2. The second kappa shape index (κ2) is 8.81. The van der Waals surface area contributed by atoms with Gasteiger partial charge in [-0.25, -0.2) is 0 Å². The van der Waals surface area contributed by atoms with E-state index in [1.807, 2.05) is 6.07 Å². The predicted molar refractivity (Wildman–Crippen MR) is 80.0 cm³/mol. The first-order valence-electron chi connectivity index (χ1n) is 7.26. The molecular weight excluding hydrogens is 238 g/mol. The molecule has 1 rings (SSSR count). The third-order valence-electron chi connectivity index (χ3n) is 3.26. The van der Waals surface area contributed by atoms with Gasteiger partial charge in [-0.15, -0.1) is 0 Å². The quantitative estimate of drug-likeness (QED) is 0.694. The van der Waals surface area contributed by atoms with Crippen molar-refractivity contribution in [1.82, 2.24) is 0 Å². The first-order chi connectivity index (χ1) is 9.21. The van der Waals surface area contributed by atoms with Crippen molar-refractivity contribution in [2.75, 3.05) is 13.7 Å². The summed E-state index contributed by atoms with van der Waals surface area (Å²) in [5.41, 5.74) is 7.20. The number of methoxy groups -OCH3 is 1. The SMILES string of the molecule is CCCCCOc1cc(CC(N)CC)ccc1OC. The molecule has 0 saturated carbocycles. The van der Waals surface area contributed by atoms with Crippen molar-refractivity contribution in [2.45, 2.75) is 52.0 Å². The highest BCUT2D eigenvalue weighted by molar-refractivity contribution is 5.43. The Morgan fingerprint density at radius 2 is 1.95 bits per heavy atom. The Hall–Kier alpha value is -1.22. The normalized spacial score (nSPS) is 12.2. The zero-order chi connectivity index (χ0) is 14.1. The predicted octanol–water partition coefficient (Wildman–Crippen LogP) is 3.54. The van der Waals surface area contributed by atoms with Gasteiger partial charge in [-0.2, -0.15) is 0 Å². The van der Waals surface area contributed by atoms with Crippen molar-refractivity contribution >= 4 is 0 Å². The zero-order valence-electron chi connectivity index (χ0n) is 12.4. The van der Waals surface area contributed by atoms with Crippen LogP contribution in [-0.2, 0) is 6.42 Å². The third-order valence-corrected chi connectivity index (χ3v) is 3.26. The fourth-order valence-corrected chi connectivity index (χ4v) is 1.94. The van der Waals surface area contributed by atoms with Crippen LogP contribution in [0.25, 0.3) is 0 Å². The largest absolute Gasteiger partial charge is 0.493 e. The van der Waals surface area contributed by atoms with E-state index in [2.05, 4.69) is 26.0 Å². The molecule has 108 valence electrons. The molecule has 3 nitrogen and oxygen atoms in total. The van der Waals surface area contributed by atoms with Crippen molar-refractivity contribution in [3.05, 3.63) is 23.8 Å². The molecule has 0 spiro atoms. The zero-order valence-corrected chi connectivity index (χ0v) is 12.4. The summed E-state index contributed by atoms with van der Waals surface area (Å²) in [7, 11) is 1.67. The first-order valence-corrected chi connectivity index (χ1v) is 7.26. The highest BCUT2D eigenvalue weighted by atomic mass is 16.5. The van der Waals surface area contributed by atoms with Gasteiger partial charge < -0.3 is 15.2 Å². The second-order valence-corrected chi connectivity index (χ2v) is 4.91. The van der Waals surface area contributed by atoms with Crippen LogP contribution in [0.5, 0.6) is 11.5 Å². The fourth-order valence-electron chi connectivity index (χ4n) is 1.94. The molecule has 0 aliphatic heterocycles. The maximum atomic E-state index is 5.99. The van der Waals surface area contributed by atoms with Crippen LogP contribution in [0.3, 0.4) is 0 Å². The van der Waals surface area contributed by atoms with E-state index in [1.165, 1.54) is 18.4 Å². The molecule has 1 aromatic carbocycles. The minimum absolute atomic E-state index is 0.210. The van der Waals surface area contributed by atoms with E-state index in [1.54, 1.807) is 7.11 Å². The molecule has 0 aliphatic rings. The van der Waals surface area contributed by atoms with Crippen molar-refractivity contribution in [2.24, 2.45) is 5.73 Å². The summed E-state index contributed by atoms with van der Waals surface area (Å²) in [6.07, 6.45) is 5.34. The molecule has 0 heterocycles. The number of nitrogens with two attached hydrogens (primary N) is 1. The van der Waals surface area contributed by atoms with Gasteiger partial charge in [0.25, 0.3) is 0 Å². The molecule has 0 radical (unpaired) electrons. The van der Waals surface area contributed by atoms with Gasteiger partial charge in [0.15, 0.2) is 11.5 Å². The summed E-state index contributed by atoms with van der Waals surface area (Å²) in [4.78, 5) is 0. The molecule has 3 heteroatoms. The van der Waals surface area contributed by atoms with Crippen LogP contribution in [0.15, 0.2) is 18.2 Å². The molecule has 19 heavy (non-hydrogen) atoms. The van der Waals surface area contributed by atoms with Crippen LogP contribution in [0.4, 0.5) is 0 Å². The average Bonchev–Trinajstić information content (AvgIpc) is 2.43.